The van der Waals surface area contributed by atoms with E-state index in [-0.39, 0.29) is 0 Å². The first-order chi connectivity index (χ1) is 6.58. The molecule has 0 saturated heterocycles. The molecule has 0 aromatic carbocycles. The van der Waals surface area contributed by atoms with Gasteiger partial charge in [0.1, 0.15) is 0 Å². The Morgan fingerprint density at radius 3 is 2.43 bits per heavy atom. The van der Waals surface area contributed by atoms with Crippen LogP contribution in [0, 0.1) is 5.92 Å². The van der Waals surface area contributed by atoms with Crippen LogP contribution in [0.5, 0.6) is 0 Å². The van der Waals surface area contributed by atoms with Gasteiger partial charge in [-0.1, -0.05) is 39.5 Å². The van der Waals surface area contributed by atoms with Gasteiger partial charge in [-0.2, -0.15) is 0 Å². The lowest BCUT2D eigenvalue weighted by Crippen LogP contribution is -2.49. The van der Waals surface area contributed by atoms with Crippen molar-refractivity contribution < 1.29 is 4.79 Å². The first-order valence-electron chi connectivity index (χ1n) is 5.90. The highest BCUT2D eigenvalue weighted by Crippen LogP contribution is 2.28. The van der Waals surface area contributed by atoms with Crippen LogP contribution < -0.4 is 5.73 Å². The first kappa shape index (κ1) is 11.7. The summed E-state index contributed by atoms with van der Waals surface area (Å²) in [5.74, 6) is 0.788. The topological polar surface area (TPSA) is 43.1 Å². The summed E-state index contributed by atoms with van der Waals surface area (Å²) in [7, 11) is 0. The zero-order valence-corrected chi connectivity index (χ0v) is 9.51. The second-order valence-electron chi connectivity index (χ2n) is 4.86. The van der Waals surface area contributed by atoms with E-state index in [1.807, 2.05) is 0 Å². The van der Waals surface area contributed by atoms with Crippen LogP contribution >= 0.6 is 0 Å². The second-order valence-corrected chi connectivity index (χ2v) is 4.86. The summed E-state index contributed by atoms with van der Waals surface area (Å²) in [6, 6.07) is 0. The minimum absolute atomic E-state index is 0.298. The smallest absolute Gasteiger partial charge is 0.152 e. The average molecular weight is 197 g/mol. The van der Waals surface area contributed by atoms with Crippen molar-refractivity contribution in [3.05, 3.63) is 0 Å². The van der Waals surface area contributed by atoms with E-state index >= 15 is 0 Å². The monoisotopic (exact) mass is 197 g/mol. The molecule has 0 aromatic rings. The largest absolute Gasteiger partial charge is 0.319 e. The summed E-state index contributed by atoms with van der Waals surface area (Å²) in [5.41, 5.74) is 5.69. The van der Waals surface area contributed by atoms with Gasteiger partial charge in [0.15, 0.2) is 5.78 Å². The molecule has 0 aliphatic heterocycles. The molecule has 0 spiro atoms. The lowest BCUT2D eigenvalue weighted by molar-refractivity contribution is -0.126. The maximum Gasteiger partial charge on any atom is 0.152 e. The first-order valence-corrected chi connectivity index (χ1v) is 5.90. The average Bonchev–Trinajstić information content (AvgIpc) is 2.18. The van der Waals surface area contributed by atoms with Crippen LogP contribution in [0.3, 0.4) is 0 Å². The van der Waals surface area contributed by atoms with Gasteiger partial charge in [-0.05, 0) is 18.8 Å². The van der Waals surface area contributed by atoms with E-state index < -0.39 is 5.54 Å². The third-order valence-corrected chi connectivity index (χ3v) is 3.53. The number of Topliss-reactive ketones (excluding diaryl/α,β-unsaturated/α-hetero) is 1. The molecule has 0 aromatic heterocycles. The Kier molecular flexibility index (Phi) is 4.11. The van der Waals surface area contributed by atoms with Crippen molar-refractivity contribution in [3.8, 4) is 0 Å². The molecule has 1 aliphatic rings. The van der Waals surface area contributed by atoms with Crippen LogP contribution in [0.15, 0.2) is 0 Å². The zero-order chi connectivity index (χ0) is 10.6. The SMILES string of the molecule is CCC(C)CC(=O)C1(N)CCCCC1. The number of hydrogen-bond acceptors (Lipinski definition) is 2. The number of rotatable bonds is 4. The van der Waals surface area contributed by atoms with Crippen LogP contribution in [0.2, 0.25) is 0 Å². The van der Waals surface area contributed by atoms with Crippen molar-refractivity contribution in [1.29, 1.82) is 0 Å². The van der Waals surface area contributed by atoms with Gasteiger partial charge in [0.25, 0.3) is 0 Å². The lowest BCUT2D eigenvalue weighted by atomic mass is 9.77. The Morgan fingerprint density at radius 1 is 1.36 bits per heavy atom. The van der Waals surface area contributed by atoms with Gasteiger partial charge in [0.2, 0.25) is 0 Å². The van der Waals surface area contributed by atoms with Gasteiger partial charge in [-0.15, -0.1) is 0 Å². The Bertz CT molecular complexity index is 194. The summed E-state index contributed by atoms with van der Waals surface area (Å²) in [6.07, 6.45) is 7.06. The van der Waals surface area contributed by atoms with Crippen molar-refractivity contribution in [2.45, 2.75) is 64.3 Å². The number of hydrogen-bond donors (Lipinski definition) is 1. The fourth-order valence-electron chi connectivity index (χ4n) is 2.13. The van der Waals surface area contributed by atoms with Crippen LogP contribution in [0.4, 0.5) is 0 Å². The minimum Gasteiger partial charge on any atom is -0.319 e. The third-order valence-electron chi connectivity index (χ3n) is 3.53. The van der Waals surface area contributed by atoms with Crippen molar-refractivity contribution in [3.63, 3.8) is 0 Å². The zero-order valence-electron chi connectivity index (χ0n) is 9.51. The molecule has 1 atom stereocenters. The van der Waals surface area contributed by atoms with Gasteiger partial charge in [-0.25, -0.2) is 0 Å². The van der Waals surface area contributed by atoms with Gasteiger partial charge < -0.3 is 5.73 Å². The molecule has 0 amide bonds. The van der Waals surface area contributed by atoms with Crippen molar-refractivity contribution >= 4 is 5.78 Å². The minimum atomic E-state index is -0.471. The van der Waals surface area contributed by atoms with Crippen molar-refractivity contribution in [1.82, 2.24) is 0 Å². The molecule has 1 aliphatic carbocycles. The molecule has 0 heterocycles. The Hall–Kier alpha value is -0.370. The number of nitrogens with two attached hydrogens (primary N) is 1. The predicted octanol–water partition coefficient (Wildman–Crippen LogP) is 2.65. The standard InChI is InChI=1S/C12H23NO/c1-3-10(2)9-11(14)12(13)7-5-4-6-8-12/h10H,3-9,13H2,1-2H3. The summed E-state index contributed by atoms with van der Waals surface area (Å²) in [6.45, 7) is 4.26. The third kappa shape index (κ3) is 2.81. The molecule has 1 rings (SSSR count). The molecular weight excluding hydrogens is 174 g/mol. The van der Waals surface area contributed by atoms with Crippen LogP contribution in [0.1, 0.15) is 58.8 Å². The van der Waals surface area contributed by atoms with E-state index in [0.29, 0.717) is 18.1 Å². The molecule has 0 bridgehead atoms. The van der Waals surface area contributed by atoms with E-state index in [0.717, 1.165) is 32.1 Å². The van der Waals surface area contributed by atoms with E-state index in [1.54, 1.807) is 0 Å². The quantitative estimate of drug-likeness (QED) is 0.753. The predicted molar refractivity (Wildman–Crippen MR) is 59.1 cm³/mol. The molecule has 2 N–H and O–H groups in total. The van der Waals surface area contributed by atoms with Crippen LogP contribution in [-0.4, -0.2) is 11.3 Å². The number of ketones is 1. The molecule has 0 radical (unpaired) electrons. The summed E-state index contributed by atoms with van der Waals surface area (Å²) >= 11 is 0. The normalized spacial score (nSPS) is 23.1. The highest BCUT2D eigenvalue weighted by molar-refractivity contribution is 5.88. The highest BCUT2D eigenvalue weighted by Gasteiger charge is 2.34. The fourth-order valence-corrected chi connectivity index (χ4v) is 2.13. The molecule has 1 fully saturated rings. The molecule has 14 heavy (non-hydrogen) atoms. The van der Waals surface area contributed by atoms with E-state index in [1.165, 1.54) is 6.42 Å². The Balaban J connectivity index is 2.49. The van der Waals surface area contributed by atoms with E-state index in [9.17, 15) is 4.79 Å². The van der Waals surface area contributed by atoms with E-state index in [4.69, 9.17) is 5.73 Å². The lowest BCUT2D eigenvalue weighted by Gasteiger charge is -2.32. The summed E-state index contributed by atoms with van der Waals surface area (Å²) in [4.78, 5) is 12.0. The van der Waals surface area contributed by atoms with Crippen molar-refractivity contribution in [2.24, 2.45) is 11.7 Å². The summed E-state index contributed by atoms with van der Waals surface area (Å²) < 4.78 is 0. The molecule has 2 nitrogen and oxygen atoms in total. The molecular formula is C12H23NO. The van der Waals surface area contributed by atoms with Gasteiger partial charge in [0.05, 0.1) is 5.54 Å². The van der Waals surface area contributed by atoms with Gasteiger partial charge in [-0.3, -0.25) is 4.79 Å². The molecule has 82 valence electrons. The van der Waals surface area contributed by atoms with E-state index in [2.05, 4.69) is 13.8 Å². The number of carbonyl (C=O) groups excluding carboxylic acids is 1. The number of carbonyl (C=O) groups is 1. The highest BCUT2D eigenvalue weighted by atomic mass is 16.1. The maximum absolute atomic E-state index is 12.0. The Morgan fingerprint density at radius 2 is 1.93 bits per heavy atom. The van der Waals surface area contributed by atoms with Gasteiger partial charge in [0, 0.05) is 6.42 Å². The maximum atomic E-state index is 12.0. The van der Waals surface area contributed by atoms with Crippen LogP contribution in [0.25, 0.3) is 0 Å². The second kappa shape index (κ2) is 4.92. The molecule has 1 unspecified atom stereocenters. The molecule has 1 saturated carbocycles. The Labute approximate surface area is 87.2 Å². The van der Waals surface area contributed by atoms with Gasteiger partial charge >= 0.3 is 0 Å². The van der Waals surface area contributed by atoms with Crippen molar-refractivity contribution in [2.75, 3.05) is 0 Å². The summed E-state index contributed by atoms with van der Waals surface area (Å²) in [5, 5.41) is 0. The van der Waals surface area contributed by atoms with Crippen LogP contribution in [-0.2, 0) is 4.79 Å². The fraction of sp³-hybridized carbons (Fsp3) is 0.917. The molecule has 2 heteroatoms.